The normalized spacial score (nSPS) is 12.8. The Morgan fingerprint density at radius 3 is 1.03 bits per heavy atom. The fourth-order valence-electron chi connectivity index (χ4n) is 10.5. The van der Waals surface area contributed by atoms with Crippen LogP contribution in [0.3, 0.4) is 0 Å². The number of nitrogens with one attached hydrogen (secondary N) is 1. The number of esters is 1. The zero-order valence-electron chi connectivity index (χ0n) is 51.7. The molecule has 0 aromatic carbocycles. The number of hydrogen-bond acceptors (Lipinski definition) is 5. The lowest BCUT2D eigenvalue weighted by atomic mass is 10.0. The number of aliphatic hydroxyl groups excluding tert-OH is 2. The van der Waals surface area contributed by atoms with Crippen LogP contribution in [0.25, 0.3) is 0 Å². The molecule has 0 aromatic heterocycles. The van der Waals surface area contributed by atoms with E-state index in [0.29, 0.717) is 19.4 Å². The van der Waals surface area contributed by atoms with Crippen molar-refractivity contribution in [3.63, 3.8) is 0 Å². The molecule has 0 rings (SSSR count). The van der Waals surface area contributed by atoms with Crippen molar-refractivity contribution in [3.8, 4) is 0 Å². The number of ether oxygens (including phenoxy) is 1. The Morgan fingerprint density at radius 2 is 0.649 bits per heavy atom. The number of unbranched alkanes of at least 4 members (excludes halogenated alkanes) is 47. The van der Waals surface area contributed by atoms with Crippen molar-refractivity contribution in [2.75, 3.05) is 13.2 Å². The summed E-state index contributed by atoms with van der Waals surface area (Å²) in [6.45, 7) is 4.88. The predicted molar refractivity (Wildman–Crippen MR) is 338 cm³/mol. The van der Waals surface area contributed by atoms with E-state index in [1.807, 2.05) is 6.08 Å². The summed E-state index contributed by atoms with van der Waals surface area (Å²) in [5.74, 6) is -0.0574. The highest BCUT2D eigenvalue weighted by molar-refractivity contribution is 5.76. The summed E-state index contributed by atoms with van der Waals surface area (Å²) in [5.41, 5.74) is 0. The molecule has 452 valence electrons. The van der Waals surface area contributed by atoms with Crippen LogP contribution in [-0.4, -0.2) is 47.4 Å². The van der Waals surface area contributed by atoms with E-state index in [4.69, 9.17) is 4.74 Å². The molecule has 6 heteroatoms. The van der Waals surface area contributed by atoms with Crippen LogP contribution < -0.4 is 5.32 Å². The highest BCUT2D eigenvalue weighted by Crippen LogP contribution is 2.18. The van der Waals surface area contributed by atoms with E-state index < -0.39 is 12.1 Å². The molecule has 0 aliphatic rings. The van der Waals surface area contributed by atoms with E-state index in [0.717, 1.165) is 51.4 Å². The Kier molecular flexibility index (Phi) is 64.5. The monoisotopic (exact) mass is 1080 g/mol. The molecule has 0 spiro atoms. The van der Waals surface area contributed by atoms with Gasteiger partial charge in [-0.15, -0.1) is 0 Å². The molecule has 1 amide bonds. The molecule has 0 bridgehead atoms. The van der Waals surface area contributed by atoms with Crippen molar-refractivity contribution in [1.29, 1.82) is 0 Å². The molecule has 0 fully saturated rings. The highest BCUT2D eigenvalue weighted by atomic mass is 16.5. The van der Waals surface area contributed by atoms with Crippen LogP contribution in [0.4, 0.5) is 0 Å². The van der Waals surface area contributed by atoms with Gasteiger partial charge >= 0.3 is 5.97 Å². The van der Waals surface area contributed by atoms with E-state index in [1.54, 1.807) is 6.08 Å². The second-order valence-electron chi connectivity index (χ2n) is 23.5. The third-order valence-corrected chi connectivity index (χ3v) is 15.8. The van der Waals surface area contributed by atoms with Crippen molar-refractivity contribution < 1.29 is 24.5 Å². The van der Waals surface area contributed by atoms with Crippen molar-refractivity contribution in [2.24, 2.45) is 0 Å². The number of hydrogen-bond donors (Lipinski definition) is 3. The van der Waals surface area contributed by atoms with E-state index in [-0.39, 0.29) is 18.5 Å². The first kappa shape index (κ1) is 74.8. The summed E-state index contributed by atoms with van der Waals surface area (Å²) in [7, 11) is 0. The molecule has 0 aromatic rings. The fraction of sp³-hybridized carbons (Fsp3) is 0.859. The third-order valence-electron chi connectivity index (χ3n) is 15.8. The van der Waals surface area contributed by atoms with Gasteiger partial charge in [0.25, 0.3) is 0 Å². The van der Waals surface area contributed by atoms with Gasteiger partial charge < -0.3 is 20.3 Å². The van der Waals surface area contributed by atoms with Gasteiger partial charge in [-0.3, -0.25) is 9.59 Å². The first-order valence-corrected chi connectivity index (χ1v) is 34.4. The number of carbonyl (C=O) groups is 2. The summed E-state index contributed by atoms with van der Waals surface area (Å²) in [4.78, 5) is 24.5. The van der Waals surface area contributed by atoms with Crippen LogP contribution in [-0.2, 0) is 14.3 Å². The maximum atomic E-state index is 12.4. The minimum Gasteiger partial charge on any atom is -0.466 e. The molecule has 0 aliphatic carbocycles. The Bertz CT molecular complexity index is 1290. The molecule has 2 unspecified atom stereocenters. The lowest BCUT2D eigenvalue weighted by molar-refractivity contribution is -0.143. The lowest BCUT2D eigenvalue weighted by Gasteiger charge is -2.20. The summed E-state index contributed by atoms with van der Waals surface area (Å²) < 4.78 is 5.47. The third kappa shape index (κ3) is 62.9. The molecule has 0 radical (unpaired) electrons. The molecular formula is C71H133NO5. The maximum Gasteiger partial charge on any atom is 0.305 e. The van der Waals surface area contributed by atoms with Crippen molar-refractivity contribution >= 4 is 11.9 Å². The molecule has 3 N–H and O–H groups in total. The largest absolute Gasteiger partial charge is 0.466 e. The first-order valence-electron chi connectivity index (χ1n) is 34.4. The summed E-state index contributed by atoms with van der Waals surface area (Å²) in [5, 5.41) is 23.0. The molecular weight excluding hydrogens is 947 g/mol. The quantitative estimate of drug-likeness (QED) is 0.0320. The van der Waals surface area contributed by atoms with Gasteiger partial charge in [-0.2, -0.15) is 0 Å². The lowest BCUT2D eigenvalue weighted by Crippen LogP contribution is -2.45. The van der Waals surface area contributed by atoms with Gasteiger partial charge in [0.05, 0.1) is 25.4 Å². The number of rotatable bonds is 64. The number of allylic oxidation sites excluding steroid dienone is 7. The van der Waals surface area contributed by atoms with Gasteiger partial charge in [0.2, 0.25) is 5.91 Å². The zero-order valence-corrected chi connectivity index (χ0v) is 51.7. The Hall–Kier alpha value is -2.18. The molecule has 0 saturated carbocycles. The SMILES string of the molecule is CCCCC/C=C\CCCCCCCC(=O)OCCCCCCCCCCCCCCC/C=C\C/C=C\CCCCCCCCCCCCCCCCCCCC(=O)NC(CO)C(O)/C=C/CCCCCCCCCCC. The second kappa shape index (κ2) is 66.3. The average molecular weight is 1080 g/mol. The molecule has 0 heterocycles. The summed E-state index contributed by atoms with van der Waals surface area (Å²) >= 11 is 0. The van der Waals surface area contributed by atoms with Crippen LogP contribution in [0.2, 0.25) is 0 Å². The fourth-order valence-corrected chi connectivity index (χ4v) is 10.5. The standard InChI is InChI=1S/C71H133NO5/c1-3-5-7-9-11-13-15-45-49-53-57-61-65-71(76)77-66-62-58-54-50-46-42-40-38-36-34-32-30-28-26-24-22-20-18-16-17-19-21-23-25-27-29-31-33-35-37-39-41-44-48-52-56-60-64-70(75)72-68(67-73)69(74)63-59-55-51-47-43-14-12-10-8-6-4-2/h11,13,16,18,22,24,59,63,68-69,73-74H,3-10,12,14-15,17,19-21,23,25-58,60-62,64-67H2,1-2H3,(H,72,75)/b13-11-,18-16-,24-22-,63-59+. The number of aliphatic hydroxyl groups is 2. The van der Waals surface area contributed by atoms with Gasteiger partial charge in [0.1, 0.15) is 0 Å². The summed E-state index contributed by atoms with van der Waals surface area (Å²) in [6.07, 6.45) is 86.3. The van der Waals surface area contributed by atoms with E-state index >= 15 is 0 Å². The van der Waals surface area contributed by atoms with Crippen molar-refractivity contribution in [1.82, 2.24) is 5.32 Å². The van der Waals surface area contributed by atoms with Crippen LogP contribution in [0.1, 0.15) is 367 Å². The molecule has 0 saturated heterocycles. The second-order valence-corrected chi connectivity index (χ2v) is 23.5. The Balaban J connectivity index is 3.36. The average Bonchev–Trinajstić information content (AvgIpc) is 3.43. The van der Waals surface area contributed by atoms with Crippen LogP contribution >= 0.6 is 0 Å². The Morgan fingerprint density at radius 1 is 0.364 bits per heavy atom. The van der Waals surface area contributed by atoms with E-state index in [2.05, 4.69) is 55.6 Å². The predicted octanol–water partition coefficient (Wildman–Crippen LogP) is 22.1. The van der Waals surface area contributed by atoms with Crippen molar-refractivity contribution in [3.05, 3.63) is 48.6 Å². The van der Waals surface area contributed by atoms with Gasteiger partial charge in [-0.1, -0.05) is 313 Å². The first-order chi connectivity index (χ1) is 38.0. The molecule has 77 heavy (non-hydrogen) atoms. The minimum atomic E-state index is -0.841. The molecule has 0 aliphatic heterocycles. The Labute approximate surface area is 480 Å². The van der Waals surface area contributed by atoms with E-state index in [1.165, 1.54) is 289 Å². The van der Waals surface area contributed by atoms with Gasteiger partial charge in [0, 0.05) is 12.8 Å². The minimum absolute atomic E-state index is 0.00825. The topological polar surface area (TPSA) is 95.9 Å². The van der Waals surface area contributed by atoms with Crippen molar-refractivity contribution in [2.45, 2.75) is 379 Å². The van der Waals surface area contributed by atoms with Gasteiger partial charge in [0.15, 0.2) is 0 Å². The molecule has 2 atom stereocenters. The van der Waals surface area contributed by atoms with Crippen LogP contribution in [0.5, 0.6) is 0 Å². The van der Waals surface area contributed by atoms with Crippen LogP contribution in [0.15, 0.2) is 48.6 Å². The molecule has 6 nitrogen and oxygen atoms in total. The number of carbonyl (C=O) groups excluding carboxylic acids is 2. The van der Waals surface area contributed by atoms with Gasteiger partial charge in [-0.05, 0) is 89.9 Å². The zero-order chi connectivity index (χ0) is 55.7. The highest BCUT2D eigenvalue weighted by Gasteiger charge is 2.18. The van der Waals surface area contributed by atoms with Crippen LogP contribution in [0, 0.1) is 0 Å². The smallest absolute Gasteiger partial charge is 0.305 e. The van der Waals surface area contributed by atoms with Gasteiger partial charge in [-0.25, -0.2) is 0 Å². The summed E-state index contributed by atoms with van der Waals surface area (Å²) in [6, 6.07) is -0.625. The number of amides is 1. The maximum absolute atomic E-state index is 12.4. The van der Waals surface area contributed by atoms with E-state index in [9.17, 15) is 19.8 Å².